The van der Waals surface area contributed by atoms with Gasteiger partial charge in [0.05, 0.1) is 13.7 Å². The standard InChI is InChI=1S/C27H28F5N5O4/c1-25(28,29)26(8-3-9-26)24(39)37-12-10-36(11-13-37)23(38)21-18(14-33)41-22(35-21)16-4-6-17(40-2)20-15(16)5-7-19(34-20)27(30,31)32/h4-7H,3,8-14,33H2,1-2H3. The monoisotopic (exact) mass is 581 g/mol. The lowest BCUT2D eigenvalue weighted by Gasteiger charge is -2.48. The van der Waals surface area contributed by atoms with Gasteiger partial charge in [0, 0.05) is 44.1 Å². The molecule has 2 aliphatic rings. The molecule has 0 radical (unpaired) electrons. The van der Waals surface area contributed by atoms with Crippen molar-refractivity contribution in [3.63, 3.8) is 0 Å². The fourth-order valence-electron chi connectivity index (χ4n) is 5.41. The number of halogens is 5. The van der Waals surface area contributed by atoms with Crippen molar-refractivity contribution in [2.45, 2.75) is 44.8 Å². The van der Waals surface area contributed by atoms with Gasteiger partial charge >= 0.3 is 6.18 Å². The van der Waals surface area contributed by atoms with Crippen molar-refractivity contribution in [3.8, 4) is 17.2 Å². The van der Waals surface area contributed by atoms with Crippen LogP contribution in [0.4, 0.5) is 22.0 Å². The van der Waals surface area contributed by atoms with Gasteiger partial charge in [0.15, 0.2) is 11.5 Å². The van der Waals surface area contributed by atoms with Crippen LogP contribution in [0.2, 0.25) is 0 Å². The second-order valence-corrected chi connectivity index (χ2v) is 10.3. The molecule has 1 aliphatic heterocycles. The van der Waals surface area contributed by atoms with Crippen molar-refractivity contribution in [2.24, 2.45) is 11.1 Å². The van der Waals surface area contributed by atoms with Crippen LogP contribution in [0.15, 0.2) is 28.7 Å². The number of benzene rings is 1. The average molecular weight is 582 g/mol. The number of piperazine rings is 1. The third-order valence-electron chi connectivity index (χ3n) is 7.96. The summed E-state index contributed by atoms with van der Waals surface area (Å²) in [6, 6.07) is 5.00. The Kier molecular flexibility index (Phi) is 7.16. The first-order valence-corrected chi connectivity index (χ1v) is 13.0. The lowest BCUT2D eigenvalue weighted by molar-refractivity contribution is -0.186. The molecule has 14 heteroatoms. The van der Waals surface area contributed by atoms with E-state index in [2.05, 4.69) is 9.97 Å². The Morgan fingerprint density at radius 1 is 1.02 bits per heavy atom. The van der Waals surface area contributed by atoms with E-state index in [1.807, 2.05) is 0 Å². The summed E-state index contributed by atoms with van der Waals surface area (Å²) < 4.78 is 79.4. The molecule has 2 fully saturated rings. The Labute approximate surface area is 231 Å². The van der Waals surface area contributed by atoms with Crippen LogP contribution in [0.1, 0.15) is 48.1 Å². The lowest BCUT2D eigenvalue weighted by atomic mass is 9.64. The molecule has 1 aromatic carbocycles. The predicted octanol–water partition coefficient (Wildman–Crippen LogP) is 4.49. The molecule has 0 bridgehead atoms. The number of oxazole rings is 1. The first kappa shape index (κ1) is 28.7. The molecule has 0 spiro atoms. The average Bonchev–Trinajstić information content (AvgIpc) is 3.34. The number of carbonyl (C=O) groups is 2. The molecule has 1 aliphatic carbocycles. The van der Waals surface area contributed by atoms with E-state index in [9.17, 15) is 31.5 Å². The van der Waals surface area contributed by atoms with E-state index in [1.165, 1.54) is 35.1 Å². The Morgan fingerprint density at radius 2 is 1.68 bits per heavy atom. The Balaban J connectivity index is 1.39. The minimum atomic E-state index is -4.67. The lowest BCUT2D eigenvalue weighted by Crippen LogP contribution is -2.60. The number of nitrogens with zero attached hydrogens (tertiary/aromatic N) is 4. The van der Waals surface area contributed by atoms with Crippen molar-refractivity contribution in [1.82, 2.24) is 19.8 Å². The molecule has 1 saturated carbocycles. The number of fused-ring (bicyclic) bond motifs is 1. The quantitative estimate of drug-likeness (QED) is 0.427. The van der Waals surface area contributed by atoms with Gasteiger partial charge in [-0.1, -0.05) is 6.42 Å². The van der Waals surface area contributed by atoms with Crippen LogP contribution in [0.5, 0.6) is 5.75 Å². The molecule has 3 aromatic rings. The SMILES string of the molecule is COc1ccc(-c2nc(C(=O)N3CCN(C(=O)C4(C(C)(F)F)CCC4)CC3)c(CN)o2)c2ccc(C(F)(F)F)nc12. The molecule has 0 atom stereocenters. The van der Waals surface area contributed by atoms with Crippen LogP contribution in [-0.2, 0) is 17.5 Å². The highest BCUT2D eigenvalue weighted by molar-refractivity contribution is 5.98. The highest BCUT2D eigenvalue weighted by Gasteiger charge is 2.60. The fourth-order valence-corrected chi connectivity index (χ4v) is 5.41. The van der Waals surface area contributed by atoms with E-state index in [0.29, 0.717) is 6.42 Å². The van der Waals surface area contributed by atoms with Crippen LogP contribution < -0.4 is 10.5 Å². The Bertz CT molecular complexity index is 1490. The molecule has 5 rings (SSSR count). The first-order chi connectivity index (χ1) is 19.3. The molecular formula is C27H28F5N5O4. The number of amides is 2. The van der Waals surface area contributed by atoms with Crippen molar-refractivity contribution in [1.29, 1.82) is 0 Å². The molecule has 2 amide bonds. The molecule has 41 heavy (non-hydrogen) atoms. The predicted molar refractivity (Wildman–Crippen MR) is 136 cm³/mol. The minimum absolute atomic E-state index is 0.0473. The third kappa shape index (κ3) is 4.87. The summed E-state index contributed by atoms with van der Waals surface area (Å²) in [7, 11) is 1.30. The van der Waals surface area contributed by atoms with E-state index < -0.39 is 35.0 Å². The summed E-state index contributed by atoms with van der Waals surface area (Å²) in [5.41, 5.74) is 3.16. The summed E-state index contributed by atoms with van der Waals surface area (Å²) in [6.45, 7) is 0.946. The largest absolute Gasteiger partial charge is 0.494 e. The number of hydrogen-bond donors (Lipinski definition) is 1. The van der Waals surface area contributed by atoms with Gasteiger partial charge in [0.1, 0.15) is 22.4 Å². The van der Waals surface area contributed by atoms with Gasteiger partial charge in [-0.15, -0.1) is 0 Å². The van der Waals surface area contributed by atoms with Gasteiger partial charge in [-0.2, -0.15) is 13.2 Å². The summed E-state index contributed by atoms with van der Waals surface area (Å²) in [5.74, 6) is -4.14. The fraction of sp³-hybridized carbons (Fsp3) is 0.481. The van der Waals surface area contributed by atoms with E-state index in [4.69, 9.17) is 14.9 Å². The van der Waals surface area contributed by atoms with Gasteiger partial charge in [-0.3, -0.25) is 9.59 Å². The summed E-state index contributed by atoms with van der Waals surface area (Å²) in [6.07, 6.45) is -3.85. The molecule has 3 heterocycles. The highest BCUT2D eigenvalue weighted by atomic mass is 19.4. The normalized spacial score (nSPS) is 17.5. The van der Waals surface area contributed by atoms with Gasteiger partial charge in [-0.05, 0) is 37.1 Å². The van der Waals surface area contributed by atoms with E-state index in [0.717, 1.165) is 13.0 Å². The number of ether oxygens (including phenoxy) is 1. The zero-order valence-electron chi connectivity index (χ0n) is 22.4. The van der Waals surface area contributed by atoms with Crippen molar-refractivity contribution in [2.75, 3.05) is 33.3 Å². The number of alkyl halides is 5. The van der Waals surface area contributed by atoms with Crippen LogP contribution in [0.3, 0.4) is 0 Å². The molecule has 0 unspecified atom stereocenters. The molecule has 2 aromatic heterocycles. The van der Waals surface area contributed by atoms with Crippen molar-refractivity contribution >= 4 is 22.7 Å². The second kappa shape index (κ2) is 10.2. The smallest absolute Gasteiger partial charge is 0.433 e. The molecular weight excluding hydrogens is 553 g/mol. The second-order valence-electron chi connectivity index (χ2n) is 10.3. The third-order valence-corrected chi connectivity index (χ3v) is 7.96. The summed E-state index contributed by atoms with van der Waals surface area (Å²) >= 11 is 0. The van der Waals surface area contributed by atoms with E-state index in [1.54, 1.807) is 0 Å². The number of methoxy groups -OCH3 is 1. The van der Waals surface area contributed by atoms with Crippen LogP contribution in [0, 0.1) is 5.41 Å². The van der Waals surface area contributed by atoms with Gasteiger partial charge < -0.3 is 24.7 Å². The molecule has 9 nitrogen and oxygen atoms in total. The summed E-state index contributed by atoms with van der Waals surface area (Å²) in [5, 5.41) is 0.256. The van der Waals surface area contributed by atoms with E-state index in [-0.39, 0.29) is 85.1 Å². The zero-order chi connectivity index (χ0) is 29.7. The number of hydrogen-bond acceptors (Lipinski definition) is 7. The van der Waals surface area contributed by atoms with E-state index >= 15 is 0 Å². The molecule has 220 valence electrons. The maximum absolute atomic E-state index is 14.3. The number of pyridine rings is 1. The summed E-state index contributed by atoms with van der Waals surface area (Å²) in [4.78, 5) is 37.3. The number of carbonyl (C=O) groups excluding carboxylic acids is 2. The van der Waals surface area contributed by atoms with Crippen LogP contribution >= 0.6 is 0 Å². The number of rotatable bonds is 6. The topological polar surface area (TPSA) is 115 Å². The Morgan fingerprint density at radius 3 is 2.22 bits per heavy atom. The van der Waals surface area contributed by atoms with Crippen LogP contribution in [-0.4, -0.2) is 70.8 Å². The van der Waals surface area contributed by atoms with Gasteiger partial charge in [0.2, 0.25) is 11.8 Å². The maximum atomic E-state index is 14.3. The minimum Gasteiger partial charge on any atom is -0.494 e. The maximum Gasteiger partial charge on any atom is 0.433 e. The Hall–Kier alpha value is -3.81. The van der Waals surface area contributed by atoms with Crippen LogP contribution in [0.25, 0.3) is 22.4 Å². The first-order valence-electron chi connectivity index (χ1n) is 13.0. The molecule has 1 saturated heterocycles. The number of aromatic nitrogens is 2. The molecule has 2 N–H and O–H groups in total. The van der Waals surface area contributed by atoms with Crippen molar-refractivity contribution in [3.05, 3.63) is 41.4 Å². The number of nitrogens with two attached hydrogens (primary N) is 1. The van der Waals surface area contributed by atoms with Gasteiger partial charge in [-0.25, -0.2) is 18.7 Å². The zero-order valence-corrected chi connectivity index (χ0v) is 22.4. The van der Waals surface area contributed by atoms with Crippen molar-refractivity contribution < 1.29 is 40.7 Å². The van der Waals surface area contributed by atoms with Gasteiger partial charge in [0.25, 0.3) is 11.8 Å². The highest BCUT2D eigenvalue weighted by Crippen LogP contribution is 2.53.